The first kappa shape index (κ1) is 15.0. The maximum Gasteiger partial charge on any atom is 0.223 e. The van der Waals surface area contributed by atoms with Gasteiger partial charge in [-0.2, -0.15) is 0 Å². The van der Waals surface area contributed by atoms with Crippen LogP contribution in [0.15, 0.2) is 24.3 Å². The molecule has 1 aliphatic rings. The molecule has 0 heterocycles. The normalized spacial score (nSPS) is 15.5. The molecule has 1 saturated carbocycles. The van der Waals surface area contributed by atoms with Gasteiger partial charge in [0, 0.05) is 25.6 Å². The zero-order chi connectivity index (χ0) is 14.4. The molecular weight excluding hydrogens is 248 g/mol. The lowest BCUT2D eigenvalue weighted by atomic mass is 10.1. The van der Waals surface area contributed by atoms with Crippen LogP contribution in [0.4, 0.5) is 0 Å². The molecule has 0 radical (unpaired) electrons. The fraction of sp³-hybridized carbons (Fsp3) is 0.588. The summed E-state index contributed by atoms with van der Waals surface area (Å²) >= 11 is 0. The molecule has 0 unspecified atom stereocenters. The lowest BCUT2D eigenvalue weighted by Gasteiger charge is -2.28. The van der Waals surface area contributed by atoms with Gasteiger partial charge in [0.15, 0.2) is 0 Å². The van der Waals surface area contributed by atoms with Crippen molar-refractivity contribution in [2.75, 3.05) is 13.1 Å². The summed E-state index contributed by atoms with van der Waals surface area (Å²) in [6.45, 7) is 3.36. The summed E-state index contributed by atoms with van der Waals surface area (Å²) < 4.78 is 0. The second-order valence-corrected chi connectivity index (χ2v) is 5.80. The predicted molar refractivity (Wildman–Crippen MR) is 82.5 cm³/mol. The molecule has 20 heavy (non-hydrogen) atoms. The molecule has 0 aliphatic heterocycles. The summed E-state index contributed by atoms with van der Waals surface area (Å²) in [5.74, 6) is 0.267. The van der Waals surface area contributed by atoms with Crippen LogP contribution in [-0.4, -0.2) is 29.9 Å². The molecule has 0 saturated heterocycles. The first-order valence-corrected chi connectivity index (χ1v) is 7.76. The standard InChI is InChI=1S/C17H26N2O/c1-14-5-4-6-15(13-14)9-10-17(20)19(12-11-18)16-7-2-3-8-16/h4-6,13,16H,2-3,7-12,18H2,1H3. The van der Waals surface area contributed by atoms with Crippen LogP contribution in [0.25, 0.3) is 0 Å². The van der Waals surface area contributed by atoms with Gasteiger partial charge in [-0.15, -0.1) is 0 Å². The summed E-state index contributed by atoms with van der Waals surface area (Å²) in [5.41, 5.74) is 8.17. The van der Waals surface area contributed by atoms with E-state index >= 15 is 0 Å². The fourth-order valence-electron chi connectivity index (χ4n) is 3.13. The van der Waals surface area contributed by atoms with Crippen molar-refractivity contribution in [3.05, 3.63) is 35.4 Å². The van der Waals surface area contributed by atoms with Gasteiger partial charge in [-0.3, -0.25) is 4.79 Å². The third kappa shape index (κ3) is 4.07. The average molecular weight is 274 g/mol. The minimum Gasteiger partial charge on any atom is -0.338 e. The van der Waals surface area contributed by atoms with Crippen LogP contribution in [0.5, 0.6) is 0 Å². The van der Waals surface area contributed by atoms with Gasteiger partial charge in [-0.25, -0.2) is 0 Å². The van der Waals surface area contributed by atoms with E-state index in [-0.39, 0.29) is 5.91 Å². The van der Waals surface area contributed by atoms with Gasteiger partial charge >= 0.3 is 0 Å². The molecule has 1 aromatic rings. The van der Waals surface area contributed by atoms with E-state index in [1.54, 1.807) is 0 Å². The number of hydrogen-bond acceptors (Lipinski definition) is 2. The van der Waals surface area contributed by atoms with Crippen LogP contribution in [0.2, 0.25) is 0 Å². The summed E-state index contributed by atoms with van der Waals surface area (Å²) in [6, 6.07) is 8.84. The van der Waals surface area contributed by atoms with E-state index in [2.05, 4.69) is 31.2 Å². The molecule has 3 nitrogen and oxygen atoms in total. The Kier molecular flexibility index (Phi) is 5.60. The number of hydrogen-bond donors (Lipinski definition) is 1. The number of nitrogens with two attached hydrogens (primary N) is 1. The van der Waals surface area contributed by atoms with Crippen LogP contribution in [-0.2, 0) is 11.2 Å². The number of carbonyl (C=O) groups is 1. The average Bonchev–Trinajstić information content (AvgIpc) is 2.96. The number of amides is 1. The Hall–Kier alpha value is -1.35. The van der Waals surface area contributed by atoms with Crippen molar-refractivity contribution in [2.24, 2.45) is 5.73 Å². The zero-order valence-electron chi connectivity index (χ0n) is 12.5. The van der Waals surface area contributed by atoms with E-state index in [1.807, 2.05) is 4.90 Å². The van der Waals surface area contributed by atoms with Gasteiger partial charge in [-0.1, -0.05) is 42.7 Å². The maximum atomic E-state index is 12.4. The smallest absolute Gasteiger partial charge is 0.223 e. The van der Waals surface area contributed by atoms with Crippen LogP contribution in [0, 0.1) is 6.92 Å². The molecule has 0 spiro atoms. The van der Waals surface area contributed by atoms with Gasteiger partial charge < -0.3 is 10.6 Å². The Morgan fingerprint density at radius 2 is 2.10 bits per heavy atom. The third-order valence-electron chi connectivity index (χ3n) is 4.17. The highest BCUT2D eigenvalue weighted by Gasteiger charge is 2.25. The number of nitrogens with zero attached hydrogens (tertiary/aromatic N) is 1. The van der Waals surface area contributed by atoms with Gasteiger partial charge in [-0.05, 0) is 31.7 Å². The van der Waals surface area contributed by atoms with Gasteiger partial charge in [0.1, 0.15) is 0 Å². The zero-order valence-corrected chi connectivity index (χ0v) is 12.5. The minimum atomic E-state index is 0.267. The first-order chi connectivity index (χ1) is 9.70. The highest BCUT2D eigenvalue weighted by Crippen LogP contribution is 2.24. The molecule has 1 fully saturated rings. The number of carbonyl (C=O) groups excluding carboxylic acids is 1. The van der Waals surface area contributed by atoms with E-state index in [0.717, 1.165) is 19.3 Å². The Bertz CT molecular complexity index is 438. The number of aryl methyl sites for hydroxylation is 2. The topological polar surface area (TPSA) is 46.3 Å². The molecule has 1 amide bonds. The Labute approximate surface area is 122 Å². The summed E-state index contributed by atoms with van der Waals surface area (Å²) in [6.07, 6.45) is 6.22. The fourth-order valence-corrected chi connectivity index (χ4v) is 3.13. The van der Waals surface area contributed by atoms with E-state index < -0.39 is 0 Å². The quantitative estimate of drug-likeness (QED) is 0.867. The van der Waals surface area contributed by atoms with Crippen LogP contribution < -0.4 is 5.73 Å². The molecule has 0 aromatic heterocycles. The predicted octanol–water partition coefficient (Wildman–Crippen LogP) is 2.66. The Morgan fingerprint density at radius 3 is 2.75 bits per heavy atom. The minimum absolute atomic E-state index is 0.267. The number of benzene rings is 1. The largest absolute Gasteiger partial charge is 0.338 e. The van der Waals surface area contributed by atoms with Crippen molar-refractivity contribution in [2.45, 2.75) is 51.5 Å². The molecule has 1 aromatic carbocycles. The molecule has 2 rings (SSSR count). The molecule has 110 valence electrons. The lowest BCUT2D eigenvalue weighted by Crippen LogP contribution is -2.42. The summed E-state index contributed by atoms with van der Waals surface area (Å²) in [5, 5.41) is 0. The second-order valence-electron chi connectivity index (χ2n) is 5.80. The van der Waals surface area contributed by atoms with E-state index in [1.165, 1.54) is 24.0 Å². The van der Waals surface area contributed by atoms with Crippen molar-refractivity contribution in [1.29, 1.82) is 0 Å². The van der Waals surface area contributed by atoms with Crippen LogP contribution >= 0.6 is 0 Å². The van der Waals surface area contributed by atoms with Crippen molar-refractivity contribution < 1.29 is 4.79 Å². The van der Waals surface area contributed by atoms with Gasteiger partial charge in [0.2, 0.25) is 5.91 Å². The molecule has 0 atom stereocenters. The lowest BCUT2D eigenvalue weighted by molar-refractivity contribution is -0.133. The molecular formula is C17H26N2O. The summed E-state index contributed by atoms with van der Waals surface area (Å²) in [7, 11) is 0. The van der Waals surface area contributed by atoms with Crippen molar-refractivity contribution in [3.63, 3.8) is 0 Å². The van der Waals surface area contributed by atoms with Crippen molar-refractivity contribution >= 4 is 5.91 Å². The van der Waals surface area contributed by atoms with Gasteiger partial charge in [0.05, 0.1) is 0 Å². The van der Waals surface area contributed by atoms with Gasteiger partial charge in [0.25, 0.3) is 0 Å². The SMILES string of the molecule is Cc1cccc(CCC(=O)N(CCN)C2CCCC2)c1. The molecule has 2 N–H and O–H groups in total. The monoisotopic (exact) mass is 274 g/mol. The molecule has 3 heteroatoms. The Balaban J connectivity index is 1.91. The summed E-state index contributed by atoms with van der Waals surface area (Å²) in [4.78, 5) is 14.5. The maximum absolute atomic E-state index is 12.4. The second kappa shape index (κ2) is 7.44. The van der Waals surface area contributed by atoms with Crippen LogP contribution in [0.3, 0.4) is 0 Å². The van der Waals surface area contributed by atoms with Crippen molar-refractivity contribution in [3.8, 4) is 0 Å². The number of rotatable bonds is 6. The molecule has 0 bridgehead atoms. The molecule has 1 aliphatic carbocycles. The van der Waals surface area contributed by atoms with Crippen LogP contribution in [0.1, 0.15) is 43.2 Å². The third-order valence-corrected chi connectivity index (χ3v) is 4.17. The highest BCUT2D eigenvalue weighted by molar-refractivity contribution is 5.76. The van der Waals surface area contributed by atoms with E-state index in [0.29, 0.717) is 25.6 Å². The Morgan fingerprint density at radius 1 is 1.35 bits per heavy atom. The van der Waals surface area contributed by atoms with Crippen molar-refractivity contribution in [1.82, 2.24) is 4.90 Å². The first-order valence-electron chi connectivity index (χ1n) is 7.76. The highest BCUT2D eigenvalue weighted by atomic mass is 16.2. The van der Waals surface area contributed by atoms with E-state index in [9.17, 15) is 4.79 Å². The van der Waals surface area contributed by atoms with E-state index in [4.69, 9.17) is 5.73 Å².